The molecule has 1 saturated carbocycles. The van der Waals surface area contributed by atoms with Gasteiger partial charge >= 0.3 is 0 Å². The average molecular weight is 276 g/mol. The van der Waals surface area contributed by atoms with Crippen molar-refractivity contribution in [3.63, 3.8) is 0 Å². The highest BCUT2D eigenvalue weighted by molar-refractivity contribution is 6.33. The van der Waals surface area contributed by atoms with Crippen LogP contribution in [-0.2, 0) is 0 Å². The number of amides is 1. The van der Waals surface area contributed by atoms with Crippen molar-refractivity contribution in [1.82, 2.24) is 9.55 Å². The zero-order valence-electron chi connectivity index (χ0n) is 10.3. The van der Waals surface area contributed by atoms with E-state index in [4.69, 9.17) is 11.6 Å². The fourth-order valence-electron chi connectivity index (χ4n) is 2.22. The normalized spacial score (nSPS) is 15.0. The molecule has 1 fully saturated rings. The zero-order valence-corrected chi connectivity index (χ0v) is 11.1. The van der Waals surface area contributed by atoms with Crippen molar-refractivity contribution < 1.29 is 4.79 Å². The summed E-state index contributed by atoms with van der Waals surface area (Å²) in [7, 11) is 0. The number of nitrogens with one attached hydrogen (secondary N) is 1. The van der Waals surface area contributed by atoms with Crippen LogP contribution in [0.3, 0.4) is 0 Å². The van der Waals surface area contributed by atoms with Crippen LogP contribution in [0.4, 0.5) is 5.82 Å². The summed E-state index contributed by atoms with van der Waals surface area (Å²) in [6.45, 7) is 0. The molecule has 0 unspecified atom stereocenters. The molecule has 1 N–H and O–H groups in total. The van der Waals surface area contributed by atoms with E-state index in [-0.39, 0.29) is 5.91 Å². The van der Waals surface area contributed by atoms with Gasteiger partial charge in [0.2, 0.25) is 0 Å². The Hall–Kier alpha value is -1.81. The number of hydrogen-bond acceptors (Lipinski definition) is 2. The molecule has 19 heavy (non-hydrogen) atoms. The minimum atomic E-state index is -0.169. The molecule has 1 aliphatic carbocycles. The number of anilines is 1. The van der Waals surface area contributed by atoms with Crippen molar-refractivity contribution in [2.24, 2.45) is 0 Å². The Balaban J connectivity index is 1.81. The third-order valence-corrected chi connectivity index (χ3v) is 3.78. The molecule has 1 aliphatic rings. The smallest absolute Gasteiger partial charge is 0.273 e. The number of nitrogens with zero attached hydrogens (tertiary/aromatic N) is 2. The van der Waals surface area contributed by atoms with E-state index in [0.717, 1.165) is 12.8 Å². The van der Waals surface area contributed by atoms with Crippen molar-refractivity contribution in [2.45, 2.75) is 25.3 Å². The summed E-state index contributed by atoms with van der Waals surface area (Å²) in [6, 6.07) is 7.61. The van der Waals surface area contributed by atoms with Crippen molar-refractivity contribution >= 4 is 23.3 Å². The maximum atomic E-state index is 12.3. The predicted octanol–water partition coefficient (Wildman–Crippen LogP) is 3.51. The molecule has 3 rings (SSSR count). The molecular weight excluding hydrogens is 262 g/mol. The van der Waals surface area contributed by atoms with Crippen molar-refractivity contribution in [3.8, 4) is 0 Å². The first-order valence-corrected chi connectivity index (χ1v) is 6.72. The van der Waals surface area contributed by atoms with Gasteiger partial charge in [0, 0.05) is 18.4 Å². The fourth-order valence-corrected chi connectivity index (χ4v) is 2.39. The second-order valence-corrected chi connectivity index (χ2v) is 5.08. The number of aromatic nitrogens is 2. The third kappa shape index (κ3) is 2.36. The molecule has 2 aromatic heterocycles. The van der Waals surface area contributed by atoms with E-state index >= 15 is 0 Å². The lowest BCUT2D eigenvalue weighted by Crippen LogP contribution is -2.23. The van der Waals surface area contributed by atoms with Crippen LogP contribution in [0.1, 0.15) is 35.8 Å². The van der Waals surface area contributed by atoms with E-state index in [1.54, 1.807) is 18.3 Å². The lowest BCUT2D eigenvalue weighted by molar-refractivity contribution is 0.101. The lowest BCUT2D eigenvalue weighted by atomic mass is 9.93. The molecular formula is C14H14ClN3O. The first-order valence-electron chi connectivity index (χ1n) is 6.34. The summed E-state index contributed by atoms with van der Waals surface area (Å²) < 4.78 is 2.04. The summed E-state index contributed by atoms with van der Waals surface area (Å²) in [5, 5.41) is 3.20. The van der Waals surface area contributed by atoms with Gasteiger partial charge in [0.15, 0.2) is 5.82 Å². The first-order chi connectivity index (χ1) is 9.25. The van der Waals surface area contributed by atoms with Gasteiger partial charge in [0.1, 0.15) is 5.69 Å². The number of hydrogen-bond donors (Lipinski definition) is 1. The number of carbonyl (C=O) groups excluding carboxylic acids is 1. The molecule has 5 heteroatoms. The van der Waals surface area contributed by atoms with E-state index in [0.29, 0.717) is 22.6 Å². The Morgan fingerprint density at radius 3 is 2.89 bits per heavy atom. The standard InChI is InChI=1S/C14H14ClN3O/c15-11-6-2-8-16-13(11)17-14(19)12-7-3-9-18(12)10-4-1-5-10/h2-3,6-10H,1,4-5H2,(H,16,17,19). The van der Waals surface area contributed by atoms with Gasteiger partial charge in [0.05, 0.1) is 5.02 Å². The van der Waals surface area contributed by atoms with E-state index in [1.165, 1.54) is 6.42 Å². The van der Waals surface area contributed by atoms with Gasteiger partial charge in [-0.05, 0) is 43.5 Å². The SMILES string of the molecule is O=C(Nc1ncccc1Cl)c1cccn1C1CCC1. The summed E-state index contributed by atoms with van der Waals surface area (Å²) >= 11 is 5.99. The van der Waals surface area contributed by atoms with Crippen LogP contribution in [0.2, 0.25) is 5.02 Å². The Kier molecular flexibility index (Phi) is 3.25. The third-order valence-electron chi connectivity index (χ3n) is 3.47. The molecule has 0 bridgehead atoms. The van der Waals surface area contributed by atoms with Gasteiger partial charge in [-0.25, -0.2) is 4.98 Å². The summed E-state index contributed by atoms with van der Waals surface area (Å²) in [6.07, 6.45) is 7.07. The van der Waals surface area contributed by atoms with Gasteiger partial charge in [-0.3, -0.25) is 4.79 Å². The molecule has 0 aromatic carbocycles. The largest absolute Gasteiger partial charge is 0.340 e. The van der Waals surface area contributed by atoms with E-state index in [9.17, 15) is 4.79 Å². The average Bonchev–Trinajstić information content (AvgIpc) is 2.79. The van der Waals surface area contributed by atoms with E-state index in [1.807, 2.05) is 22.9 Å². The summed E-state index contributed by atoms with van der Waals surface area (Å²) in [4.78, 5) is 16.3. The van der Waals surface area contributed by atoms with E-state index in [2.05, 4.69) is 10.3 Å². The van der Waals surface area contributed by atoms with Crippen LogP contribution in [0.5, 0.6) is 0 Å². The predicted molar refractivity (Wildman–Crippen MR) is 74.5 cm³/mol. The van der Waals surface area contributed by atoms with Crippen LogP contribution >= 0.6 is 11.6 Å². The van der Waals surface area contributed by atoms with Gasteiger partial charge in [0.25, 0.3) is 5.91 Å². The van der Waals surface area contributed by atoms with Crippen LogP contribution in [0.15, 0.2) is 36.7 Å². The molecule has 0 saturated heterocycles. The number of rotatable bonds is 3. The Labute approximate surface area is 116 Å². The molecule has 0 atom stereocenters. The van der Waals surface area contributed by atoms with Crippen molar-refractivity contribution in [2.75, 3.05) is 5.32 Å². The maximum Gasteiger partial charge on any atom is 0.273 e. The Morgan fingerprint density at radius 1 is 1.37 bits per heavy atom. The Morgan fingerprint density at radius 2 is 2.21 bits per heavy atom. The van der Waals surface area contributed by atoms with Gasteiger partial charge in [-0.2, -0.15) is 0 Å². The zero-order chi connectivity index (χ0) is 13.2. The highest BCUT2D eigenvalue weighted by Crippen LogP contribution is 2.33. The minimum absolute atomic E-state index is 0.169. The van der Waals surface area contributed by atoms with Gasteiger partial charge < -0.3 is 9.88 Å². The second kappa shape index (κ2) is 5.05. The molecule has 2 aromatic rings. The number of halogens is 1. The molecule has 4 nitrogen and oxygen atoms in total. The number of pyridine rings is 1. The maximum absolute atomic E-state index is 12.3. The van der Waals surface area contributed by atoms with Gasteiger partial charge in [-0.15, -0.1) is 0 Å². The van der Waals surface area contributed by atoms with Crippen molar-refractivity contribution in [1.29, 1.82) is 0 Å². The van der Waals surface area contributed by atoms with Crippen molar-refractivity contribution in [3.05, 3.63) is 47.4 Å². The minimum Gasteiger partial charge on any atom is -0.340 e. The molecule has 0 spiro atoms. The second-order valence-electron chi connectivity index (χ2n) is 4.67. The van der Waals surface area contributed by atoms with E-state index < -0.39 is 0 Å². The Bertz CT molecular complexity index is 604. The fraction of sp³-hybridized carbons (Fsp3) is 0.286. The van der Waals surface area contributed by atoms with Crippen LogP contribution in [0, 0.1) is 0 Å². The molecule has 1 amide bonds. The highest BCUT2D eigenvalue weighted by Gasteiger charge is 2.23. The van der Waals surface area contributed by atoms with Crippen LogP contribution < -0.4 is 5.32 Å². The van der Waals surface area contributed by atoms with Gasteiger partial charge in [-0.1, -0.05) is 11.6 Å². The topological polar surface area (TPSA) is 46.9 Å². The monoisotopic (exact) mass is 275 g/mol. The summed E-state index contributed by atoms with van der Waals surface area (Å²) in [5.74, 6) is 0.230. The number of carbonyl (C=O) groups is 1. The molecule has 0 aliphatic heterocycles. The highest BCUT2D eigenvalue weighted by atomic mass is 35.5. The molecule has 0 radical (unpaired) electrons. The summed E-state index contributed by atoms with van der Waals surface area (Å²) in [5.41, 5.74) is 0.659. The van der Waals surface area contributed by atoms with Crippen LogP contribution in [0.25, 0.3) is 0 Å². The molecule has 2 heterocycles. The first kappa shape index (κ1) is 12.2. The quantitative estimate of drug-likeness (QED) is 0.932. The van der Waals surface area contributed by atoms with Crippen LogP contribution in [-0.4, -0.2) is 15.5 Å². The lowest BCUT2D eigenvalue weighted by Gasteiger charge is -2.28. The molecule has 98 valence electrons.